The molecule has 1 saturated carbocycles. The van der Waals surface area contributed by atoms with Crippen molar-refractivity contribution in [2.24, 2.45) is 5.41 Å². The van der Waals surface area contributed by atoms with E-state index in [1.807, 2.05) is 0 Å². The highest BCUT2D eigenvalue weighted by molar-refractivity contribution is 5.76. The predicted octanol–water partition coefficient (Wildman–Crippen LogP) is 4.38. The molecule has 4 rings (SSSR count). The molecule has 0 atom stereocenters. The summed E-state index contributed by atoms with van der Waals surface area (Å²) in [5, 5.41) is 3.94. The van der Waals surface area contributed by atoms with Crippen LogP contribution in [0.4, 0.5) is 4.39 Å². The zero-order valence-corrected chi connectivity index (χ0v) is 15.6. The largest absolute Gasteiger partial charge is 0.342 e. The first-order valence-electron chi connectivity index (χ1n) is 10.00. The molecule has 1 saturated heterocycles. The monoisotopic (exact) mass is 371 g/mol. The molecule has 2 heterocycles. The number of hydrogen-bond acceptors (Lipinski definition) is 4. The van der Waals surface area contributed by atoms with Gasteiger partial charge in [-0.3, -0.25) is 4.79 Å². The summed E-state index contributed by atoms with van der Waals surface area (Å²) in [4.78, 5) is 19.0. The number of benzene rings is 1. The summed E-state index contributed by atoms with van der Waals surface area (Å²) < 4.78 is 18.3. The lowest BCUT2D eigenvalue weighted by molar-refractivity contribution is -0.130. The summed E-state index contributed by atoms with van der Waals surface area (Å²) in [5.74, 6) is 0.927. The highest BCUT2D eigenvalue weighted by Crippen LogP contribution is 2.43. The van der Waals surface area contributed by atoms with Crippen molar-refractivity contribution in [1.82, 2.24) is 15.0 Å². The van der Waals surface area contributed by atoms with Crippen LogP contribution in [0, 0.1) is 11.2 Å². The van der Waals surface area contributed by atoms with Crippen LogP contribution in [-0.4, -0.2) is 34.0 Å². The molecular formula is C21H26FN3O2. The van der Waals surface area contributed by atoms with Gasteiger partial charge in [0, 0.05) is 31.5 Å². The molecule has 0 unspecified atom stereocenters. The summed E-state index contributed by atoms with van der Waals surface area (Å²) in [7, 11) is 0. The number of carbonyl (C=O) groups is 1. The Morgan fingerprint density at radius 1 is 1.15 bits per heavy atom. The van der Waals surface area contributed by atoms with Crippen LogP contribution in [-0.2, 0) is 11.2 Å². The molecule has 1 aliphatic carbocycles. The van der Waals surface area contributed by atoms with Gasteiger partial charge in [-0.1, -0.05) is 24.4 Å². The van der Waals surface area contributed by atoms with Gasteiger partial charge >= 0.3 is 0 Å². The smallest absolute Gasteiger partial charge is 0.226 e. The first-order chi connectivity index (χ1) is 13.1. The van der Waals surface area contributed by atoms with E-state index in [1.54, 1.807) is 12.1 Å². The molecule has 1 aromatic carbocycles. The SMILES string of the molecule is O=C(CCCc1nc(-c2ccc(F)cc2)no1)N1CCC2(CCCCC2)C1. The fraction of sp³-hybridized carbons (Fsp3) is 0.571. The summed E-state index contributed by atoms with van der Waals surface area (Å²) in [5.41, 5.74) is 1.13. The zero-order chi connectivity index (χ0) is 18.7. The minimum Gasteiger partial charge on any atom is -0.342 e. The summed E-state index contributed by atoms with van der Waals surface area (Å²) in [6.07, 6.45) is 9.51. The van der Waals surface area contributed by atoms with Gasteiger partial charge in [0.25, 0.3) is 0 Å². The Kier molecular flexibility index (Phi) is 5.23. The van der Waals surface area contributed by atoms with E-state index in [4.69, 9.17) is 4.52 Å². The fourth-order valence-corrected chi connectivity index (χ4v) is 4.48. The molecule has 1 aromatic heterocycles. The van der Waals surface area contributed by atoms with Crippen LogP contribution in [0.1, 0.15) is 57.3 Å². The van der Waals surface area contributed by atoms with E-state index in [1.165, 1.54) is 50.7 Å². The first-order valence-corrected chi connectivity index (χ1v) is 10.00. The number of halogens is 1. The molecule has 0 radical (unpaired) electrons. The highest BCUT2D eigenvalue weighted by atomic mass is 19.1. The quantitative estimate of drug-likeness (QED) is 0.782. The van der Waals surface area contributed by atoms with Gasteiger partial charge < -0.3 is 9.42 Å². The molecule has 1 amide bonds. The van der Waals surface area contributed by atoms with Gasteiger partial charge in [0.1, 0.15) is 5.82 Å². The van der Waals surface area contributed by atoms with Gasteiger partial charge in [-0.15, -0.1) is 0 Å². The summed E-state index contributed by atoms with van der Waals surface area (Å²) >= 11 is 0. The molecule has 6 heteroatoms. The number of aromatic nitrogens is 2. The van der Waals surface area contributed by atoms with Crippen LogP contribution in [0.3, 0.4) is 0 Å². The zero-order valence-electron chi connectivity index (χ0n) is 15.6. The lowest BCUT2D eigenvalue weighted by atomic mass is 9.73. The number of amides is 1. The Morgan fingerprint density at radius 3 is 2.70 bits per heavy atom. The van der Waals surface area contributed by atoms with Crippen molar-refractivity contribution in [3.63, 3.8) is 0 Å². The van der Waals surface area contributed by atoms with Crippen LogP contribution in [0.2, 0.25) is 0 Å². The second-order valence-corrected chi connectivity index (χ2v) is 8.00. The average Bonchev–Trinajstić information content (AvgIpc) is 3.31. The van der Waals surface area contributed by atoms with Crippen LogP contribution in [0.15, 0.2) is 28.8 Å². The molecule has 0 bridgehead atoms. The summed E-state index contributed by atoms with van der Waals surface area (Å²) in [6, 6.07) is 6.00. The molecular weight excluding hydrogens is 345 g/mol. The van der Waals surface area contributed by atoms with Crippen molar-refractivity contribution in [1.29, 1.82) is 0 Å². The van der Waals surface area contributed by atoms with Crippen LogP contribution in [0.25, 0.3) is 11.4 Å². The van der Waals surface area contributed by atoms with E-state index in [0.717, 1.165) is 18.7 Å². The fourth-order valence-electron chi connectivity index (χ4n) is 4.48. The number of hydrogen-bond donors (Lipinski definition) is 0. The van der Waals surface area contributed by atoms with Gasteiger partial charge in [-0.2, -0.15) is 4.98 Å². The van der Waals surface area contributed by atoms with Crippen molar-refractivity contribution in [2.75, 3.05) is 13.1 Å². The predicted molar refractivity (Wildman–Crippen MR) is 99.3 cm³/mol. The Balaban J connectivity index is 1.25. The maximum atomic E-state index is 13.0. The Bertz CT molecular complexity index is 781. The van der Waals surface area contributed by atoms with Gasteiger partial charge in [0.15, 0.2) is 0 Å². The van der Waals surface area contributed by atoms with E-state index in [0.29, 0.717) is 36.4 Å². The maximum absolute atomic E-state index is 13.0. The van der Waals surface area contributed by atoms with Crippen LogP contribution >= 0.6 is 0 Å². The number of aryl methyl sites for hydroxylation is 1. The Labute approximate surface area is 158 Å². The Morgan fingerprint density at radius 2 is 1.93 bits per heavy atom. The third-order valence-corrected chi connectivity index (χ3v) is 6.06. The van der Waals surface area contributed by atoms with Crippen molar-refractivity contribution >= 4 is 5.91 Å². The van der Waals surface area contributed by atoms with E-state index in [2.05, 4.69) is 15.0 Å². The van der Waals surface area contributed by atoms with E-state index in [9.17, 15) is 9.18 Å². The van der Waals surface area contributed by atoms with E-state index in [-0.39, 0.29) is 11.7 Å². The third kappa shape index (κ3) is 4.20. The first kappa shape index (κ1) is 18.1. The molecule has 5 nitrogen and oxygen atoms in total. The minimum absolute atomic E-state index is 0.246. The maximum Gasteiger partial charge on any atom is 0.226 e. The van der Waals surface area contributed by atoms with Crippen molar-refractivity contribution in [3.05, 3.63) is 36.0 Å². The van der Waals surface area contributed by atoms with Crippen molar-refractivity contribution < 1.29 is 13.7 Å². The second kappa shape index (κ2) is 7.79. The average molecular weight is 371 g/mol. The van der Waals surface area contributed by atoms with Gasteiger partial charge in [-0.25, -0.2) is 4.39 Å². The second-order valence-electron chi connectivity index (χ2n) is 8.00. The van der Waals surface area contributed by atoms with E-state index >= 15 is 0 Å². The highest BCUT2D eigenvalue weighted by Gasteiger charge is 2.40. The molecule has 144 valence electrons. The number of rotatable bonds is 5. The number of likely N-dealkylation sites (tertiary alicyclic amines) is 1. The van der Waals surface area contributed by atoms with Crippen molar-refractivity contribution in [3.8, 4) is 11.4 Å². The lowest BCUT2D eigenvalue weighted by Gasteiger charge is -2.33. The standard InChI is InChI=1S/C21H26FN3O2/c22-17-9-7-16(8-10-17)20-23-18(27-24-20)5-4-6-19(26)25-14-13-21(15-25)11-2-1-3-12-21/h7-10H,1-6,11-15H2. The molecule has 1 aliphatic heterocycles. The van der Waals surface area contributed by atoms with Crippen LogP contribution < -0.4 is 0 Å². The Hall–Kier alpha value is -2.24. The van der Waals surface area contributed by atoms with Gasteiger partial charge in [0.2, 0.25) is 17.6 Å². The molecule has 1 spiro atoms. The van der Waals surface area contributed by atoms with E-state index < -0.39 is 0 Å². The summed E-state index contributed by atoms with van der Waals surface area (Å²) in [6.45, 7) is 1.86. The molecule has 2 fully saturated rings. The normalized spacial score (nSPS) is 18.9. The van der Waals surface area contributed by atoms with Crippen LogP contribution in [0.5, 0.6) is 0 Å². The lowest BCUT2D eigenvalue weighted by Crippen LogP contribution is -2.33. The molecule has 0 N–H and O–H groups in total. The van der Waals surface area contributed by atoms with Gasteiger partial charge in [-0.05, 0) is 55.4 Å². The minimum atomic E-state index is -0.294. The number of nitrogens with zero attached hydrogens (tertiary/aromatic N) is 3. The van der Waals surface area contributed by atoms with Gasteiger partial charge in [0.05, 0.1) is 0 Å². The molecule has 2 aliphatic rings. The molecule has 2 aromatic rings. The number of carbonyl (C=O) groups excluding carboxylic acids is 1. The topological polar surface area (TPSA) is 59.2 Å². The third-order valence-electron chi connectivity index (χ3n) is 6.06. The molecule has 27 heavy (non-hydrogen) atoms. The van der Waals surface area contributed by atoms with Crippen molar-refractivity contribution in [2.45, 2.75) is 57.8 Å².